The molecule has 0 unspecified atom stereocenters. The molecule has 0 heterocycles. The highest BCUT2D eigenvalue weighted by Gasteiger charge is 2.13. The van der Waals surface area contributed by atoms with Crippen LogP contribution >= 0.6 is 0 Å². The van der Waals surface area contributed by atoms with E-state index in [4.69, 9.17) is 9.47 Å². The van der Waals surface area contributed by atoms with Gasteiger partial charge in [-0.2, -0.15) is 0 Å². The van der Waals surface area contributed by atoms with Gasteiger partial charge in [-0.1, -0.05) is 18.2 Å². The Bertz CT molecular complexity index is 747. The average molecular weight is 326 g/mol. The Morgan fingerprint density at radius 2 is 1.75 bits per heavy atom. The Hall–Kier alpha value is -2.95. The molecule has 124 valence electrons. The molecule has 0 fully saturated rings. The van der Waals surface area contributed by atoms with Crippen LogP contribution in [-0.4, -0.2) is 25.1 Å². The number of esters is 1. The van der Waals surface area contributed by atoms with E-state index in [2.05, 4.69) is 0 Å². The SMILES string of the molecule is COc1cc(CCC(C)=O)ccc1OC(=O)c1ccc(C=O)cc1. The van der Waals surface area contributed by atoms with Gasteiger partial charge < -0.3 is 14.3 Å². The van der Waals surface area contributed by atoms with Crippen LogP contribution in [0, 0.1) is 0 Å². The maximum Gasteiger partial charge on any atom is 0.343 e. The Kier molecular flexibility index (Phi) is 5.84. The van der Waals surface area contributed by atoms with Gasteiger partial charge in [-0.3, -0.25) is 4.79 Å². The molecule has 0 saturated carbocycles. The quantitative estimate of drug-likeness (QED) is 0.444. The molecule has 0 bridgehead atoms. The Morgan fingerprint density at radius 1 is 1.04 bits per heavy atom. The summed E-state index contributed by atoms with van der Waals surface area (Å²) in [6.07, 6.45) is 1.76. The first-order valence-corrected chi connectivity index (χ1v) is 7.47. The normalized spacial score (nSPS) is 10.1. The van der Waals surface area contributed by atoms with Crippen molar-refractivity contribution in [2.24, 2.45) is 0 Å². The fraction of sp³-hybridized carbons (Fsp3) is 0.211. The molecule has 0 radical (unpaired) electrons. The summed E-state index contributed by atoms with van der Waals surface area (Å²) in [5.41, 5.74) is 1.75. The molecule has 5 heteroatoms. The number of ether oxygens (including phenoxy) is 2. The van der Waals surface area contributed by atoms with Gasteiger partial charge in [0.15, 0.2) is 11.5 Å². The fourth-order valence-electron chi connectivity index (χ4n) is 2.13. The summed E-state index contributed by atoms with van der Waals surface area (Å²) in [6, 6.07) is 11.3. The minimum absolute atomic E-state index is 0.114. The van der Waals surface area contributed by atoms with Crippen LogP contribution in [0.5, 0.6) is 11.5 Å². The van der Waals surface area contributed by atoms with E-state index in [0.29, 0.717) is 41.8 Å². The highest BCUT2D eigenvalue weighted by Crippen LogP contribution is 2.29. The number of hydrogen-bond acceptors (Lipinski definition) is 5. The monoisotopic (exact) mass is 326 g/mol. The van der Waals surface area contributed by atoms with Gasteiger partial charge >= 0.3 is 5.97 Å². The maximum absolute atomic E-state index is 12.2. The third kappa shape index (κ3) is 4.52. The van der Waals surface area contributed by atoms with E-state index >= 15 is 0 Å². The van der Waals surface area contributed by atoms with Crippen LogP contribution in [-0.2, 0) is 11.2 Å². The topological polar surface area (TPSA) is 69.7 Å². The zero-order valence-corrected chi connectivity index (χ0v) is 13.6. The van der Waals surface area contributed by atoms with Crippen LogP contribution in [0.1, 0.15) is 39.6 Å². The summed E-state index contributed by atoms with van der Waals surface area (Å²) in [6.45, 7) is 1.54. The molecular formula is C19H18O5. The summed E-state index contributed by atoms with van der Waals surface area (Å²) < 4.78 is 10.6. The van der Waals surface area contributed by atoms with Crippen molar-refractivity contribution in [3.05, 3.63) is 59.2 Å². The maximum atomic E-state index is 12.2. The Morgan fingerprint density at radius 3 is 2.33 bits per heavy atom. The zero-order chi connectivity index (χ0) is 17.5. The van der Waals surface area contributed by atoms with E-state index in [1.54, 1.807) is 37.3 Å². The first kappa shape index (κ1) is 17.4. The molecule has 2 rings (SSSR count). The first-order chi connectivity index (χ1) is 11.5. The van der Waals surface area contributed by atoms with Crippen molar-refractivity contribution in [2.75, 3.05) is 7.11 Å². The first-order valence-electron chi connectivity index (χ1n) is 7.47. The highest BCUT2D eigenvalue weighted by atomic mass is 16.6. The van der Waals surface area contributed by atoms with Crippen molar-refractivity contribution in [3.63, 3.8) is 0 Å². The number of benzene rings is 2. The Balaban J connectivity index is 2.13. The fourth-order valence-corrected chi connectivity index (χ4v) is 2.13. The van der Waals surface area contributed by atoms with E-state index in [0.717, 1.165) is 5.56 Å². The summed E-state index contributed by atoms with van der Waals surface area (Å²) in [4.78, 5) is 33.9. The third-order valence-electron chi connectivity index (χ3n) is 3.48. The second-order valence-electron chi connectivity index (χ2n) is 5.32. The van der Waals surface area contributed by atoms with Gasteiger partial charge in [0.25, 0.3) is 0 Å². The second-order valence-corrected chi connectivity index (χ2v) is 5.32. The summed E-state index contributed by atoms with van der Waals surface area (Å²) >= 11 is 0. The van der Waals surface area contributed by atoms with Crippen LogP contribution in [0.25, 0.3) is 0 Å². The molecule has 5 nitrogen and oxygen atoms in total. The van der Waals surface area contributed by atoms with Crippen LogP contribution < -0.4 is 9.47 Å². The number of Topliss-reactive ketones (excluding diaryl/α,β-unsaturated/α-hetero) is 1. The number of hydrogen-bond donors (Lipinski definition) is 0. The van der Waals surface area contributed by atoms with Crippen molar-refractivity contribution in [3.8, 4) is 11.5 Å². The largest absolute Gasteiger partial charge is 0.493 e. The molecule has 0 aliphatic heterocycles. The molecule has 0 N–H and O–H groups in total. The van der Waals surface area contributed by atoms with Crippen molar-refractivity contribution in [1.82, 2.24) is 0 Å². The predicted molar refractivity (Wildman–Crippen MR) is 88.8 cm³/mol. The van der Waals surface area contributed by atoms with Crippen LogP contribution in [0.2, 0.25) is 0 Å². The molecule has 0 aromatic heterocycles. The van der Waals surface area contributed by atoms with E-state index in [9.17, 15) is 14.4 Å². The molecule has 0 aliphatic carbocycles. The number of rotatable bonds is 7. The van der Waals surface area contributed by atoms with Gasteiger partial charge in [-0.05, 0) is 43.2 Å². The minimum atomic E-state index is -0.540. The van der Waals surface area contributed by atoms with E-state index in [1.165, 1.54) is 19.2 Å². The molecule has 24 heavy (non-hydrogen) atoms. The lowest BCUT2D eigenvalue weighted by Crippen LogP contribution is -2.09. The molecule has 0 saturated heterocycles. The van der Waals surface area contributed by atoms with Gasteiger partial charge in [0, 0.05) is 12.0 Å². The standard InChI is InChI=1S/C19H18O5/c1-13(21)3-4-14-7-10-17(18(11-14)23-2)24-19(22)16-8-5-15(12-20)6-9-16/h5-12H,3-4H2,1-2H3. The molecule has 0 atom stereocenters. The molecular weight excluding hydrogens is 308 g/mol. The van der Waals surface area contributed by atoms with E-state index in [1.807, 2.05) is 0 Å². The Labute approximate surface area is 140 Å². The van der Waals surface area contributed by atoms with Crippen molar-refractivity contribution >= 4 is 18.0 Å². The lowest BCUT2D eigenvalue weighted by molar-refractivity contribution is -0.116. The number of ketones is 1. The van der Waals surface area contributed by atoms with Crippen LogP contribution in [0.3, 0.4) is 0 Å². The molecule has 0 amide bonds. The number of aldehydes is 1. The smallest absolute Gasteiger partial charge is 0.343 e. The van der Waals surface area contributed by atoms with E-state index < -0.39 is 5.97 Å². The van der Waals surface area contributed by atoms with Gasteiger partial charge in [0.05, 0.1) is 12.7 Å². The van der Waals surface area contributed by atoms with Crippen LogP contribution in [0.4, 0.5) is 0 Å². The number of carbonyl (C=O) groups is 3. The van der Waals surface area contributed by atoms with Crippen molar-refractivity contribution < 1.29 is 23.9 Å². The van der Waals surface area contributed by atoms with Gasteiger partial charge in [-0.25, -0.2) is 4.79 Å². The summed E-state index contributed by atoms with van der Waals surface area (Å²) in [5, 5.41) is 0. The summed E-state index contributed by atoms with van der Waals surface area (Å²) in [5.74, 6) is 0.299. The van der Waals surface area contributed by atoms with Crippen LogP contribution in [0.15, 0.2) is 42.5 Å². The molecule has 0 aliphatic rings. The molecule has 2 aromatic carbocycles. The summed E-state index contributed by atoms with van der Waals surface area (Å²) in [7, 11) is 1.49. The van der Waals surface area contributed by atoms with Crippen molar-refractivity contribution in [2.45, 2.75) is 19.8 Å². The lowest BCUT2D eigenvalue weighted by atomic mass is 10.1. The van der Waals surface area contributed by atoms with Gasteiger partial charge in [0.2, 0.25) is 0 Å². The second kappa shape index (κ2) is 8.06. The van der Waals surface area contributed by atoms with Crippen molar-refractivity contribution in [1.29, 1.82) is 0 Å². The van der Waals surface area contributed by atoms with E-state index in [-0.39, 0.29) is 5.78 Å². The van der Waals surface area contributed by atoms with Gasteiger partial charge in [0.1, 0.15) is 12.1 Å². The molecule has 2 aromatic rings. The number of aryl methyl sites for hydroxylation is 1. The molecule has 0 spiro atoms. The highest BCUT2D eigenvalue weighted by molar-refractivity contribution is 5.92. The lowest BCUT2D eigenvalue weighted by Gasteiger charge is -2.11. The minimum Gasteiger partial charge on any atom is -0.493 e. The zero-order valence-electron chi connectivity index (χ0n) is 13.6. The average Bonchev–Trinajstić information content (AvgIpc) is 2.60. The number of carbonyl (C=O) groups excluding carboxylic acids is 3. The van der Waals surface area contributed by atoms with Gasteiger partial charge in [-0.15, -0.1) is 0 Å². The number of methoxy groups -OCH3 is 1. The predicted octanol–water partition coefficient (Wildman–Crippen LogP) is 3.25. The third-order valence-corrected chi connectivity index (χ3v) is 3.48.